The average molecular weight is 525 g/mol. The molecule has 0 aliphatic heterocycles. The standard InChI is InChI=1S/C22H32N6O9/c1-10(29)18(28-19(33)13(23)8-11-2-4-12(30)5-3-11)21(35)26-14(6-7-16(24)31)20(34)27-15(22(36)37)9-17(25)32/h2-5,10,13-15,18,29-30H,6-9,23H2,1H3,(H2,24,31)(H2,25,32)(H,26,35)(H,27,34)(H,28,33)(H,36,37). The summed E-state index contributed by atoms with van der Waals surface area (Å²) in [5.74, 6) is -6.28. The lowest BCUT2D eigenvalue weighted by Gasteiger charge is -2.26. The summed E-state index contributed by atoms with van der Waals surface area (Å²) in [6.45, 7) is 1.20. The van der Waals surface area contributed by atoms with E-state index < -0.39 is 72.2 Å². The van der Waals surface area contributed by atoms with Crippen molar-refractivity contribution in [2.75, 3.05) is 0 Å². The Hall–Kier alpha value is -4.24. The quantitative estimate of drug-likeness (QED) is 0.108. The fourth-order valence-corrected chi connectivity index (χ4v) is 3.13. The first kappa shape index (κ1) is 30.8. The summed E-state index contributed by atoms with van der Waals surface area (Å²) in [6, 6.07) is -0.0383. The molecule has 15 nitrogen and oxygen atoms in total. The highest BCUT2D eigenvalue weighted by Gasteiger charge is 2.33. The van der Waals surface area contributed by atoms with E-state index in [2.05, 4.69) is 10.6 Å². The molecule has 1 aromatic carbocycles. The molecule has 1 rings (SSSR count). The second-order valence-corrected chi connectivity index (χ2v) is 8.34. The second kappa shape index (κ2) is 14.4. The molecule has 0 fully saturated rings. The molecule has 0 aliphatic rings. The largest absolute Gasteiger partial charge is 0.508 e. The van der Waals surface area contributed by atoms with E-state index in [9.17, 15) is 44.1 Å². The van der Waals surface area contributed by atoms with Gasteiger partial charge < -0.3 is 48.5 Å². The zero-order valence-corrected chi connectivity index (χ0v) is 20.0. The van der Waals surface area contributed by atoms with Gasteiger partial charge in [-0.3, -0.25) is 24.0 Å². The Morgan fingerprint density at radius 3 is 1.92 bits per heavy atom. The number of rotatable bonds is 15. The summed E-state index contributed by atoms with van der Waals surface area (Å²) in [5.41, 5.74) is 16.6. The number of aliphatic carboxylic acids is 1. The molecule has 1 aromatic rings. The lowest BCUT2D eigenvalue weighted by Crippen LogP contribution is -2.60. The van der Waals surface area contributed by atoms with E-state index in [1.807, 2.05) is 5.32 Å². The summed E-state index contributed by atoms with van der Waals surface area (Å²) in [4.78, 5) is 71.7. The molecule has 5 amide bonds. The molecular weight excluding hydrogens is 492 g/mol. The molecule has 0 saturated carbocycles. The number of benzene rings is 1. The maximum absolute atomic E-state index is 12.9. The number of carboxylic acid groups (broad SMARTS) is 1. The smallest absolute Gasteiger partial charge is 0.326 e. The van der Waals surface area contributed by atoms with Crippen LogP contribution in [0.5, 0.6) is 5.75 Å². The van der Waals surface area contributed by atoms with Crippen molar-refractivity contribution >= 4 is 35.5 Å². The lowest BCUT2D eigenvalue weighted by atomic mass is 10.0. The normalized spacial score (nSPS) is 14.8. The highest BCUT2D eigenvalue weighted by atomic mass is 16.4. The van der Waals surface area contributed by atoms with Gasteiger partial charge in [0.25, 0.3) is 0 Å². The van der Waals surface area contributed by atoms with Crippen LogP contribution in [0.3, 0.4) is 0 Å². The SMILES string of the molecule is CC(O)C(NC(=O)C(N)Cc1ccc(O)cc1)C(=O)NC(CCC(N)=O)C(=O)NC(CC(N)=O)C(=O)O. The number of aliphatic hydroxyl groups excluding tert-OH is 1. The molecule has 5 atom stereocenters. The number of nitrogens with one attached hydrogen (secondary N) is 3. The lowest BCUT2D eigenvalue weighted by molar-refractivity contribution is -0.144. The van der Waals surface area contributed by atoms with Gasteiger partial charge in [-0.15, -0.1) is 0 Å². The minimum absolute atomic E-state index is 0.0202. The molecule has 5 unspecified atom stereocenters. The third kappa shape index (κ3) is 10.9. The predicted octanol–water partition coefficient (Wildman–Crippen LogP) is -3.68. The number of carboxylic acids is 1. The van der Waals surface area contributed by atoms with E-state index >= 15 is 0 Å². The molecule has 12 N–H and O–H groups in total. The van der Waals surface area contributed by atoms with Gasteiger partial charge in [-0.25, -0.2) is 4.79 Å². The third-order valence-electron chi connectivity index (χ3n) is 5.12. The van der Waals surface area contributed by atoms with Crippen LogP contribution in [0.25, 0.3) is 0 Å². The number of hydrogen-bond donors (Lipinski definition) is 9. The Labute approximate surface area is 211 Å². The van der Waals surface area contributed by atoms with Crippen LogP contribution in [0.4, 0.5) is 0 Å². The second-order valence-electron chi connectivity index (χ2n) is 8.34. The minimum atomic E-state index is -1.71. The number of nitrogens with two attached hydrogens (primary N) is 3. The van der Waals surface area contributed by atoms with E-state index in [4.69, 9.17) is 17.2 Å². The van der Waals surface area contributed by atoms with Gasteiger partial charge in [0.2, 0.25) is 29.5 Å². The Kier molecular flexibility index (Phi) is 11.9. The first-order valence-electron chi connectivity index (χ1n) is 11.1. The van der Waals surface area contributed by atoms with Crippen molar-refractivity contribution < 1.29 is 44.1 Å². The highest BCUT2D eigenvalue weighted by molar-refractivity contribution is 5.95. The minimum Gasteiger partial charge on any atom is -0.508 e. The summed E-state index contributed by atoms with van der Waals surface area (Å²) in [5, 5.41) is 35.2. The number of primary amides is 2. The van der Waals surface area contributed by atoms with Crippen molar-refractivity contribution in [3.05, 3.63) is 29.8 Å². The van der Waals surface area contributed by atoms with Crippen molar-refractivity contribution in [1.29, 1.82) is 0 Å². The monoisotopic (exact) mass is 524 g/mol. The number of carbonyl (C=O) groups excluding carboxylic acids is 5. The van der Waals surface area contributed by atoms with Crippen molar-refractivity contribution in [2.45, 2.75) is 62.9 Å². The number of phenolic OH excluding ortho intramolecular Hbond substituents is 1. The topological polar surface area (TPSA) is 277 Å². The molecule has 37 heavy (non-hydrogen) atoms. The predicted molar refractivity (Wildman–Crippen MR) is 127 cm³/mol. The van der Waals surface area contributed by atoms with E-state index in [1.165, 1.54) is 19.1 Å². The van der Waals surface area contributed by atoms with Gasteiger partial charge in [-0.2, -0.15) is 0 Å². The molecule has 0 radical (unpaired) electrons. The number of phenols is 1. The van der Waals surface area contributed by atoms with Gasteiger partial charge >= 0.3 is 5.97 Å². The van der Waals surface area contributed by atoms with Crippen molar-refractivity contribution in [3.8, 4) is 5.75 Å². The van der Waals surface area contributed by atoms with Crippen LogP contribution in [-0.2, 0) is 35.2 Å². The van der Waals surface area contributed by atoms with E-state index in [-0.39, 0.29) is 25.0 Å². The molecule has 204 valence electrons. The van der Waals surface area contributed by atoms with Crippen LogP contribution < -0.4 is 33.2 Å². The first-order chi connectivity index (χ1) is 17.2. The number of hydrogen-bond acceptors (Lipinski definition) is 9. The van der Waals surface area contributed by atoms with Crippen molar-refractivity contribution in [3.63, 3.8) is 0 Å². The van der Waals surface area contributed by atoms with Crippen molar-refractivity contribution in [1.82, 2.24) is 16.0 Å². The Balaban J connectivity index is 2.96. The van der Waals surface area contributed by atoms with Crippen LogP contribution in [0.1, 0.15) is 31.7 Å². The van der Waals surface area contributed by atoms with Crippen LogP contribution in [0.2, 0.25) is 0 Å². The van der Waals surface area contributed by atoms with Gasteiger partial charge in [0.1, 0.15) is 23.9 Å². The van der Waals surface area contributed by atoms with Crippen LogP contribution >= 0.6 is 0 Å². The summed E-state index contributed by atoms with van der Waals surface area (Å²) in [7, 11) is 0. The maximum Gasteiger partial charge on any atom is 0.326 e. The summed E-state index contributed by atoms with van der Waals surface area (Å²) >= 11 is 0. The van der Waals surface area contributed by atoms with Gasteiger partial charge in [-0.1, -0.05) is 12.1 Å². The number of amides is 5. The Bertz CT molecular complexity index is 999. The van der Waals surface area contributed by atoms with E-state index in [1.54, 1.807) is 12.1 Å². The molecule has 0 aliphatic carbocycles. The van der Waals surface area contributed by atoms with Gasteiger partial charge in [0, 0.05) is 6.42 Å². The van der Waals surface area contributed by atoms with E-state index in [0.29, 0.717) is 5.56 Å². The van der Waals surface area contributed by atoms with Gasteiger partial charge in [0.05, 0.1) is 18.6 Å². The number of aromatic hydroxyl groups is 1. The Morgan fingerprint density at radius 1 is 0.865 bits per heavy atom. The third-order valence-corrected chi connectivity index (χ3v) is 5.12. The fourth-order valence-electron chi connectivity index (χ4n) is 3.13. The average Bonchev–Trinajstić information content (AvgIpc) is 2.79. The molecule has 0 aromatic heterocycles. The van der Waals surface area contributed by atoms with Crippen LogP contribution in [0, 0.1) is 0 Å². The van der Waals surface area contributed by atoms with Crippen molar-refractivity contribution in [2.24, 2.45) is 17.2 Å². The van der Waals surface area contributed by atoms with Gasteiger partial charge in [-0.05, 0) is 37.5 Å². The Morgan fingerprint density at radius 2 is 1.43 bits per heavy atom. The zero-order chi connectivity index (χ0) is 28.3. The fraction of sp³-hybridized carbons (Fsp3) is 0.455. The molecule has 15 heteroatoms. The maximum atomic E-state index is 12.9. The number of aliphatic hydroxyl groups is 1. The molecule has 0 heterocycles. The van der Waals surface area contributed by atoms with Crippen LogP contribution in [-0.4, -0.2) is 81.1 Å². The zero-order valence-electron chi connectivity index (χ0n) is 20.0. The molecule has 0 spiro atoms. The number of carbonyl (C=O) groups is 6. The summed E-state index contributed by atoms with van der Waals surface area (Å²) in [6.07, 6.45) is -2.87. The summed E-state index contributed by atoms with van der Waals surface area (Å²) < 4.78 is 0. The first-order valence-corrected chi connectivity index (χ1v) is 11.1. The molecule has 0 bridgehead atoms. The van der Waals surface area contributed by atoms with Gasteiger partial charge in [0.15, 0.2) is 0 Å². The van der Waals surface area contributed by atoms with E-state index in [0.717, 1.165) is 0 Å². The molecule has 0 saturated heterocycles. The molecular formula is C22H32N6O9. The van der Waals surface area contributed by atoms with Crippen LogP contribution in [0.15, 0.2) is 24.3 Å². The highest BCUT2D eigenvalue weighted by Crippen LogP contribution is 2.11.